The summed E-state index contributed by atoms with van der Waals surface area (Å²) in [5.74, 6) is 1.53. The van der Waals surface area contributed by atoms with Crippen molar-refractivity contribution >= 4 is 28.9 Å². The van der Waals surface area contributed by atoms with Crippen molar-refractivity contribution in [1.82, 2.24) is 0 Å². The van der Waals surface area contributed by atoms with E-state index in [2.05, 4.69) is 22.6 Å². The minimum Gasteiger partial charge on any atom is -0.456 e. The molecule has 86 valence electrons. The van der Waals surface area contributed by atoms with Crippen LogP contribution in [0.4, 0.5) is 0 Å². The van der Waals surface area contributed by atoms with Crippen molar-refractivity contribution in [1.29, 1.82) is 0 Å². The highest BCUT2D eigenvalue weighted by Gasteiger charge is 2.05. The van der Waals surface area contributed by atoms with E-state index in [0.717, 1.165) is 26.9 Å². The van der Waals surface area contributed by atoms with E-state index in [1.165, 1.54) is 0 Å². The summed E-state index contributed by atoms with van der Waals surface area (Å²) in [6, 6.07) is 13.2. The largest absolute Gasteiger partial charge is 0.456 e. The molecule has 0 radical (unpaired) electrons. The predicted molar refractivity (Wildman–Crippen MR) is 75.8 cm³/mol. The minimum atomic E-state index is 0.622. The molecule has 17 heavy (non-hydrogen) atoms. The van der Waals surface area contributed by atoms with Crippen LogP contribution in [0.15, 0.2) is 42.5 Å². The van der Waals surface area contributed by atoms with E-state index in [1.807, 2.05) is 37.3 Å². The summed E-state index contributed by atoms with van der Waals surface area (Å²) in [7, 11) is 0. The molecule has 0 unspecified atom stereocenters. The van der Waals surface area contributed by atoms with Gasteiger partial charge in [0, 0.05) is 5.56 Å². The number of rotatable bonds is 3. The molecule has 0 fully saturated rings. The van der Waals surface area contributed by atoms with Gasteiger partial charge < -0.3 is 4.74 Å². The van der Waals surface area contributed by atoms with Gasteiger partial charge in [-0.3, -0.25) is 4.79 Å². The van der Waals surface area contributed by atoms with Crippen LogP contribution in [-0.2, 0) is 0 Å². The molecular weight excluding hydrogens is 327 g/mol. The van der Waals surface area contributed by atoms with Gasteiger partial charge in [0.25, 0.3) is 0 Å². The quantitative estimate of drug-likeness (QED) is 0.619. The highest BCUT2D eigenvalue weighted by atomic mass is 127. The van der Waals surface area contributed by atoms with Crippen LogP contribution in [0.5, 0.6) is 11.5 Å². The molecule has 0 saturated carbocycles. The number of aldehydes is 1. The van der Waals surface area contributed by atoms with Crippen LogP contribution in [0.2, 0.25) is 0 Å². The number of carbonyl (C=O) groups is 1. The van der Waals surface area contributed by atoms with Crippen molar-refractivity contribution in [3.63, 3.8) is 0 Å². The molecule has 0 amide bonds. The molecule has 0 saturated heterocycles. The Kier molecular flexibility index (Phi) is 3.78. The van der Waals surface area contributed by atoms with Gasteiger partial charge >= 0.3 is 0 Å². The van der Waals surface area contributed by atoms with E-state index < -0.39 is 0 Å². The summed E-state index contributed by atoms with van der Waals surface area (Å²) in [6.07, 6.45) is 0.822. The molecule has 0 heterocycles. The number of aryl methyl sites for hydroxylation is 1. The zero-order valence-corrected chi connectivity index (χ0v) is 11.5. The fourth-order valence-electron chi connectivity index (χ4n) is 1.45. The van der Waals surface area contributed by atoms with Crippen molar-refractivity contribution < 1.29 is 9.53 Å². The maximum atomic E-state index is 10.7. The van der Waals surface area contributed by atoms with Gasteiger partial charge in [-0.15, -0.1) is 0 Å². The fourth-order valence-corrected chi connectivity index (χ4v) is 1.94. The number of carbonyl (C=O) groups excluding carboxylic acids is 1. The molecule has 0 aliphatic rings. The van der Waals surface area contributed by atoms with Crippen LogP contribution in [0.3, 0.4) is 0 Å². The first-order valence-corrected chi connectivity index (χ1v) is 6.27. The summed E-state index contributed by atoms with van der Waals surface area (Å²) >= 11 is 2.22. The van der Waals surface area contributed by atoms with Gasteiger partial charge in [0.05, 0.1) is 3.57 Å². The SMILES string of the molecule is Cc1ccc(C=O)cc1Oc1ccccc1I. The summed E-state index contributed by atoms with van der Waals surface area (Å²) in [4.78, 5) is 10.7. The second-order valence-corrected chi connectivity index (χ2v) is 4.84. The highest BCUT2D eigenvalue weighted by molar-refractivity contribution is 14.1. The van der Waals surface area contributed by atoms with Gasteiger partial charge in [-0.1, -0.05) is 24.3 Å². The molecule has 0 N–H and O–H groups in total. The normalized spacial score (nSPS) is 10.0. The van der Waals surface area contributed by atoms with Gasteiger partial charge in [0.2, 0.25) is 0 Å². The van der Waals surface area contributed by atoms with E-state index >= 15 is 0 Å². The Labute approximate surface area is 114 Å². The summed E-state index contributed by atoms with van der Waals surface area (Å²) in [6.45, 7) is 1.96. The molecule has 0 bridgehead atoms. The Morgan fingerprint density at radius 1 is 1.12 bits per heavy atom. The third-order valence-corrected chi connectivity index (χ3v) is 3.30. The van der Waals surface area contributed by atoms with Gasteiger partial charge in [0.1, 0.15) is 17.8 Å². The molecule has 3 heteroatoms. The number of hydrogen-bond acceptors (Lipinski definition) is 2. The molecule has 2 nitrogen and oxygen atoms in total. The Bertz CT molecular complexity index is 550. The Morgan fingerprint density at radius 2 is 1.88 bits per heavy atom. The lowest BCUT2D eigenvalue weighted by Gasteiger charge is -2.10. The lowest BCUT2D eigenvalue weighted by molar-refractivity contribution is 0.112. The number of hydrogen-bond donors (Lipinski definition) is 0. The highest BCUT2D eigenvalue weighted by Crippen LogP contribution is 2.29. The average molecular weight is 338 g/mol. The summed E-state index contributed by atoms with van der Waals surface area (Å²) < 4.78 is 6.86. The van der Waals surface area contributed by atoms with E-state index in [1.54, 1.807) is 12.1 Å². The molecule has 0 aliphatic carbocycles. The van der Waals surface area contributed by atoms with Crippen LogP contribution >= 0.6 is 22.6 Å². The second-order valence-electron chi connectivity index (χ2n) is 3.68. The van der Waals surface area contributed by atoms with E-state index in [0.29, 0.717) is 5.56 Å². The molecule has 0 aliphatic heterocycles. The van der Waals surface area contributed by atoms with Crippen LogP contribution in [0.1, 0.15) is 15.9 Å². The maximum absolute atomic E-state index is 10.7. The predicted octanol–water partition coefficient (Wildman–Crippen LogP) is 4.20. The Morgan fingerprint density at radius 3 is 2.59 bits per heavy atom. The first kappa shape index (κ1) is 12.1. The molecule has 0 aromatic heterocycles. The van der Waals surface area contributed by atoms with Crippen LogP contribution in [0.25, 0.3) is 0 Å². The van der Waals surface area contributed by atoms with Gasteiger partial charge in [-0.05, 0) is 53.3 Å². The summed E-state index contributed by atoms with van der Waals surface area (Å²) in [5.41, 5.74) is 1.63. The van der Waals surface area contributed by atoms with E-state index in [-0.39, 0.29) is 0 Å². The number of para-hydroxylation sites is 1. The average Bonchev–Trinajstić information content (AvgIpc) is 2.35. The Balaban J connectivity index is 2.36. The lowest BCUT2D eigenvalue weighted by Crippen LogP contribution is -1.91. The van der Waals surface area contributed by atoms with E-state index in [9.17, 15) is 4.79 Å². The maximum Gasteiger partial charge on any atom is 0.150 e. The topological polar surface area (TPSA) is 26.3 Å². The van der Waals surface area contributed by atoms with Crippen molar-refractivity contribution in [3.05, 3.63) is 57.2 Å². The Hall–Kier alpha value is -1.36. The molecule has 2 rings (SSSR count). The first-order chi connectivity index (χ1) is 8.20. The third kappa shape index (κ3) is 2.85. The van der Waals surface area contributed by atoms with Gasteiger partial charge in [-0.25, -0.2) is 0 Å². The third-order valence-electron chi connectivity index (χ3n) is 2.40. The minimum absolute atomic E-state index is 0.622. The zero-order valence-electron chi connectivity index (χ0n) is 9.31. The first-order valence-electron chi connectivity index (χ1n) is 5.19. The second kappa shape index (κ2) is 5.31. The van der Waals surface area contributed by atoms with Crippen LogP contribution in [0, 0.1) is 10.5 Å². The number of ether oxygens (including phenoxy) is 1. The van der Waals surface area contributed by atoms with Gasteiger partial charge in [-0.2, -0.15) is 0 Å². The van der Waals surface area contributed by atoms with Crippen LogP contribution < -0.4 is 4.74 Å². The monoisotopic (exact) mass is 338 g/mol. The number of benzene rings is 2. The molecular formula is C14H11IO2. The van der Waals surface area contributed by atoms with Crippen molar-refractivity contribution in [2.75, 3.05) is 0 Å². The van der Waals surface area contributed by atoms with E-state index in [4.69, 9.17) is 4.74 Å². The van der Waals surface area contributed by atoms with Gasteiger partial charge in [0.15, 0.2) is 0 Å². The fraction of sp³-hybridized carbons (Fsp3) is 0.0714. The molecule has 0 spiro atoms. The van der Waals surface area contributed by atoms with Crippen molar-refractivity contribution in [3.8, 4) is 11.5 Å². The molecule has 0 atom stereocenters. The van der Waals surface area contributed by atoms with Crippen LogP contribution in [-0.4, -0.2) is 6.29 Å². The van der Waals surface area contributed by atoms with Crippen molar-refractivity contribution in [2.45, 2.75) is 6.92 Å². The molecule has 2 aromatic rings. The molecule has 2 aromatic carbocycles. The summed E-state index contributed by atoms with van der Waals surface area (Å²) in [5, 5.41) is 0. The number of halogens is 1. The lowest BCUT2D eigenvalue weighted by atomic mass is 10.1. The zero-order chi connectivity index (χ0) is 12.3. The smallest absolute Gasteiger partial charge is 0.150 e. The van der Waals surface area contributed by atoms with Crippen molar-refractivity contribution in [2.24, 2.45) is 0 Å². The standard InChI is InChI=1S/C14H11IO2/c1-10-6-7-11(9-16)8-14(10)17-13-5-3-2-4-12(13)15/h2-9H,1H3.